The van der Waals surface area contributed by atoms with E-state index < -0.39 is 11.9 Å². The Morgan fingerprint density at radius 2 is 2.20 bits per heavy atom. The summed E-state index contributed by atoms with van der Waals surface area (Å²) in [5, 5.41) is 23.4. The lowest BCUT2D eigenvalue weighted by molar-refractivity contribution is -0.141. The van der Waals surface area contributed by atoms with E-state index in [2.05, 4.69) is 21.4 Å². The number of carbonyl (C=O) groups excluding carboxylic acids is 1. The van der Waals surface area contributed by atoms with Gasteiger partial charge in [0, 0.05) is 11.8 Å². The number of carboxylic acids is 1. The van der Waals surface area contributed by atoms with Gasteiger partial charge in [0.25, 0.3) is 0 Å². The molecule has 7 nitrogen and oxygen atoms in total. The zero-order valence-electron chi connectivity index (χ0n) is 13.9. The van der Waals surface area contributed by atoms with Crippen molar-refractivity contribution in [2.75, 3.05) is 5.32 Å². The summed E-state index contributed by atoms with van der Waals surface area (Å²) in [6.07, 6.45) is 1.51. The first-order chi connectivity index (χ1) is 11.9. The highest BCUT2D eigenvalue weighted by Gasteiger charge is 2.15. The maximum atomic E-state index is 12.0. The maximum absolute atomic E-state index is 12.0. The lowest BCUT2D eigenvalue weighted by Gasteiger charge is -2.05. The third-order valence-electron chi connectivity index (χ3n) is 3.52. The molecule has 9 heteroatoms. The van der Waals surface area contributed by atoms with Gasteiger partial charge in [0.05, 0.1) is 34.7 Å². The number of nitriles is 1. The van der Waals surface area contributed by atoms with Crippen molar-refractivity contribution in [2.45, 2.75) is 39.5 Å². The number of aromatic nitrogens is 2. The van der Waals surface area contributed by atoms with Gasteiger partial charge in [0.15, 0.2) is 5.13 Å². The number of carbonyl (C=O) groups is 2. The lowest BCUT2D eigenvalue weighted by Crippen LogP contribution is -2.13. The average Bonchev–Trinajstić information content (AvgIpc) is 3.14. The van der Waals surface area contributed by atoms with Crippen molar-refractivity contribution in [1.29, 1.82) is 5.26 Å². The van der Waals surface area contributed by atoms with Crippen LogP contribution in [0.2, 0.25) is 0 Å². The summed E-state index contributed by atoms with van der Waals surface area (Å²) in [4.78, 5) is 32.3. The second-order valence-electron chi connectivity index (χ2n) is 5.57. The summed E-state index contributed by atoms with van der Waals surface area (Å²) in [5.41, 5.74) is 1.54. The zero-order valence-corrected chi connectivity index (χ0v) is 15.5. The van der Waals surface area contributed by atoms with E-state index >= 15 is 0 Å². The van der Waals surface area contributed by atoms with Crippen LogP contribution in [0.1, 0.15) is 36.9 Å². The summed E-state index contributed by atoms with van der Waals surface area (Å²) in [5.74, 6) is -1.48. The highest BCUT2D eigenvalue weighted by atomic mass is 32.1. The van der Waals surface area contributed by atoms with E-state index in [1.165, 1.54) is 22.7 Å². The molecule has 0 aliphatic carbocycles. The molecule has 0 radical (unpaired) electrons. The predicted molar refractivity (Wildman–Crippen MR) is 96.6 cm³/mol. The third kappa shape index (κ3) is 5.34. The smallest absolute Gasteiger partial charge is 0.306 e. The summed E-state index contributed by atoms with van der Waals surface area (Å²) >= 11 is 2.77. The van der Waals surface area contributed by atoms with E-state index in [1.807, 2.05) is 12.3 Å². The van der Waals surface area contributed by atoms with Gasteiger partial charge >= 0.3 is 5.97 Å². The van der Waals surface area contributed by atoms with Crippen LogP contribution in [0.15, 0.2) is 5.38 Å². The van der Waals surface area contributed by atoms with Crippen LogP contribution >= 0.6 is 22.7 Å². The fourth-order valence-corrected chi connectivity index (χ4v) is 3.86. The zero-order chi connectivity index (χ0) is 18.4. The molecule has 0 fully saturated rings. The SMILES string of the molecule is Cc1nc(NC(=O)CCCC(C)C(=O)O)sc1-c1csc(CC#N)n1. The lowest BCUT2D eigenvalue weighted by atomic mass is 10.0. The summed E-state index contributed by atoms with van der Waals surface area (Å²) in [7, 11) is 0. The molecule has 25 heavy (non-hydrogen) atoms. The second-order valence-corrected chi connectivity index (χ2v) is 7.52. The third-order valence-corrected chi connectivity index (χ3v) is 5.46. The van der Waals surface area contributed by atoms with E-state index in [0.717, 1.165) is 21.3 Å². The summed E-state index contributed by atoms with van der Waals surface area (Å²) in [6, 6.07) is 2.07. The highest BCUT2D eigenvalue weighted by Crippen LogP contribution is 2.33. The molecular weight excluding hydrogens is 360 g/mol. The minimum atomic E-state index is -0.848. The van der Waals surface area contributed by atoms with E-state index in [0.29, 0.717) is 18.0 Å². The topological polar surface area (TPSA) is 116 Å². The molecule has 2 N–H and O–H groups in total. The van der Waals surface area contributed by atoms with Crippen molar-refractivity contribution in [3.63, 3.8) is 0 Å². The first-order valence-corrected chi connectivity index (χ1v) is 9.42. The van der Waals surface area contributed by atoms with Crippen molar-refractivity contribution >= 4 is 39.7 Å². The van der Waals surface area contributed by atoms with Crippen molar-refractivity contribution in [3.05, 3.63) is 16.1 Å². The summed E-state index contributed by atoms with van der Waals surface area (Å²) in [6.45, 7) is 3.48. The molecular formula is C16H18N4O3S2. The second kappa shape index (κ2) is 8.69. The number of anilines is 1. The quantitative estimate of drug-likeness (QED) is 0.726. The molecule has 0 aromatic carbocycles. The number of nitrogens with zero attached hydrogens (tertiary/aromatic N) is 3. The Balaban J connectivity index is 1.94. The van der Waals surface area contributed by atoms with E-state index in [9.17, 15) is 9.59 Å². The largest absolute Gasteiger partial charge is 0.481 e. The number of amides is 1. The van der Waals surface area contributed by atoms with Crippen molar-refractivity contribution < 1.29 is 14.7 Å². The average molecular weight is 378 g/mol. The number of carboxylic acid groups (broad SMARTS) is 1. The molecule has 2 heterocycles. The van der Waals surface area contributed by atoms with Crippen LogP contribution in [0, 0.1) is 24.2 Å². The Morgan fingerprint density at radius 3 is 2.88 bits per heavy atom. The Labute approximate surface area is 153 Å². The molecule has 1 unspecified atom stereocenters. The van der Waals surface area contributed by atoms with Gasteiger partial charge in [-0.25, -0.2) is 9.97 Å². The molecule has 0 spiro atoms. The fraction of sp³-hybridized carbons (Fsp3) is 0.438. The summed E-state index contributed by atoms with van der Waals surface area (Å²) < 4.78 is 0. The molecule has 0 bridgehead atoms. The number of nitrogens with one attached hydrogen (secondary N) is 1. The minimum absolute atomic E-state index is 0.179. The van der Waals surface area contributed by atoms with Crippen molar-refractivity contribution in [3.8, 4) is 16.6 Å². The van der Waals surface area contributed by atoms with Crippen LogP contribution in [0.4, 0.5) is 5.13 Å². The van der Waals surface area contributed by atoms with E-state index in [1.54, 1.807) is 6.92 Å². The van der Waals surface area contributed by atoms with Gasteiger partial charge in [-0.3, -0.25) is 9.59 Å². The van der Waals surface area contributed by atoms with Gasteiger partial charge in [0.1, 0.15) is 5.01 Å². The Bertz CT molecular complexity index is 807. The predicted octanol–water partition coefficient (Wildman–Crippen LogP) is 3.47. The first kappa shape index (κ1) is 19.0. The molecule has 2 aromatic heterocycles. The van der Waals surface area contributed by atoms with E-state index in [-0.39, 0.29) is 18.7 Å². The number of hydrogen-bond donors (Lipinski definition) is 2. The van der Waals surface area contributed by atoms with Crippen molar-refractivity contribution in [1.82, 2.24) is 9.97 Å². The molecule has 0 aliphatic rings. The fourth-order valence-electron chi connectivity index (χ4n) is 2.13. The van der Waals surface area contributed by atoms with Gasteiger partial charge in [-0.2, -0.15) is 5.26 Å². The molecule has 2 rings (SSSR count). The van der Waals surface area contributed by atoms with Crippen LogP contribution in [0.3, 0.4) is 0 Å². The molecule has 1 amide bonds. The number of aliphatic carboxylic acids is 1. The van der Waals surface area contributed by atoms with Crippen LogP contribution in [-0.2, 0) is 16.0 Å². The first-order valence-electron chi connectivity index (χ1n) is 7.72. The van der Waals surface area contributed by atoms with E-state index in [4.69, 9.17) is 10.4 Å². The number of hydrogen-bond acceptors (Lipinski definition) is 7. The minimum Gasteiger partial charge on any atom is -0.481 e. The van der Waals surface area contributed by atoms with Crippen molar-refractivity contribution in [2.24, 2.45) is 5.92 Å². The standard InChI is InChI=1S/C16H18N4O3S2/c1-9(15(22)23)4-3-5-12(21)20-16-18-10(2)14(25-16)11-8-24-13(19-11)6-7-17/h8-9H,3-6H2,1-2H3,(H,22,23)(H,18,20,21). The van der Waals surface area contributed by atoms with Crippen LogP contribution in [-0.4, -0.2) is 27.0 Å². The van der Waals surface area contributed by atoms with Gasteiger partial charge in [-0.05, 0) is 19.8 Å². The van der Waals surface area contributed by atoms with Crippen LogP contribution in [0.25, 0.3) is 10.6 Å². The number of rotatable bonds is 8. The normalized spacial score (nSPS) is 11.7. The molecule has 1 atom stereocenters. The Hall–Kier alpha value is -2.31. The van der Waals surface area contributed by atoms with Gasteiger partial charge in [-0.15, -0.1) is 11.3 Å². The van der Waals surface area contributed by atoms with Crippen LogP contribution in [0.5, 0.6) is 0 Å². The van der Waals surface area contributed by atoms with Gasteiger partial charge < -0.3 is 10.4 Å². The molecule has 0 aliphatic heterocycles. The molecule has 0 saturated carbocycles. The molecule has 0 saturated heterocycles. The highest BCUT2D eigenvalue weighted by molar-refractivity contribution is 7.19. The van der Waals surface area contributed by atoms with Gasteiger partial charge in [-0.1, -0.05) is 18.3 Å². The molecule has 132 valence electrons. The Morgan fingerprint density at radius 1 is 1.44 bits per heavy atom. The monoisotopic (exact) mass is 378 g/mol. The number of thiazole rings is 2. The number of aryl methyl sites for hydroxylation is 1. The Kier molecular flexibility index (Phi) is 6.61. The van der Waals surface area contributed by atoms with Gasteiger partial charge in [0.2, 0.25) is 5.91 Å². The molecule has 2 aromatic rings. The van der Waals surface area contributed by atoms with Crippen LogP contribution < -0.4 is 5.32 Å². The maximum Gasteiger partial charge on any atom is 0.306 e.